The van der Waals surface area contributed by atoms with E-state index in [0.717, 1.165) is 0 Å². The lowest BCUT2D eigenvalue weighted by Gasteiger charge is -2.41. The van der Waals surface area contributed by atoms with E-state index in [1.807, 2.05) is 0 Å². The van der Waals surface area contributed by atoms with Gasteiger partial charge < -0.3 is 64.5 Å². The molecule has 8 N–H and O–H groups in total. The quantitative estimate of drug-likeness (QED) is 0.174. The number of phenols is 1. The lowest BCUT2D eigenvalue weighted by atomic mass is 9.89. The summed E-state index contributed by atoms with van der Waals surface area (Å²) in [7, 11) is 2.81. The van der Waals surface area contributed by atoms with Crippen LogP contribution in [0.15, 0.2) is 30.3 Å². The van der Waals surface area contributed by atoms with Crippen LogP contribution in [0.5, 0.6) is 23.0 Å². The number of fused-ring (bicyclic) bond motifs is 1. The van der Waals surface area contributed by atoms with Crippen LogP contribution in [0.4, 0.5) is 0 Å². The fraction of sp³-hybridized carbons (Fsp3) is 0.538. The molecule has 0 bridgehead atoms. The molecule has 2 aliphatic rings. The molecule has 0 radical (unpaired) electrons. The van der Waals surface area contributed by atoms with Crippen LogP contribution in [0.25, 0.3) is 0 Å². The first-order valence-corrected chi connectivity index (χ1v) is 12.3. The molecule has 2 aromatic carbocycles. The summed E-state index contributed by atoms with van der Waals surface area (Å²) < 4.78 is 27.7. The second-order valence-electron chi connectivity index (χ2n) is 9.40. The summed E-state index contributed by atoms with van der Waals surface area (Å²) in [5.41, 5.74) is 1.34. The highest BCUT2D eigenvalue weighted by Crippen LogP contribution is 2.52. The van der Waals surface area contributed by atoms with E-state index in [0.29, 0.717) is 16.9 Å². The smallest absolute Gasteiger partial charge is 0.187 e. The fourth-order valence-corrected chi connectivity index (χ4v) is 4.89. The third-order valence-corrected chi connectivity index (χ3v) is 7.10. The minimum absolute atomic E-state index is 0.0604. The lowest BCUT2D eigenvalue weighted by Crippen LogP contribution is -2.60. The topological polar surface area (TPSA) is 208 Å². The van der Waals surface area contributed by atoms with Crippen molar-refractivity contribution in [3.05, 3.63) is 47.0 Å². The van der Waals surface area contributed by atoms with E-state index < -0.39 is 68.1 Å². The molecular formula is C26H34O13. The van der Waals surface area contributed by atoms with Gasteiger partial charge in [0.2, 0.25) is 0 Å². The summed E-state index contributed by atoms with van der Waals surface area (Å²) in [6.45, 7) is -1.74. The SMILES string of the molecule is COc1cc(C2Oc3c(OC)cc(C(O)C(CO)OC4OC(CO)C(O)C(O)C4O)cc3C2CO)ccc1O. The van der Waals surface area contributed by atoms with Gasteiger partial charge in [-0.2, -0.15) is 0 Å². The van der Waals surface area contributed by atoms with Crippen molar-refractivity contribution < 1.29 is 64.5 Å². The van der Waals surface area contributed by atoms with Crippen LogP contribution in [-0.4, -0.2) is 112 Å². The van der Waals surface area contributed by atoms with Crippen molar-refractivity contribution in [3.63, 3.8) is 0 Å². The van der Waals surface area contributed by atoms with Gasteiger partial charge in [0, 0.05) is 5.56 Å². The van der Waals surface area contributed by atoms with Crippen LogP contribution in [0.1, 0.15) is 34.8 Å². The molecule has 9 atom stereocenters. The molecule has 216 valence electrons. The molecule has 13 heteroatoms. The van der Waals surface area contributed by atoms with Crippen LogP contribution < -0.4 is 14.2 Å². The van der Waals surface area contributed by atoms with Gasteiger partial charge in [-0.15, -0.1) is 0 Å². The Morgan fingerprint density at radius 3 is 2.23 bits per heavy atom. The van der Waals surface area contributed by atoms with E-state index in [-0.39, 0.29) is 29.4 Å². The van der Waals surface area contributed by atoms with Crippen molar-refractivity contribution in [3.8, 4) is 23.0 Å². The van der Waals surface area contributed by atoms with Crippen LogP contribution in [0.3, 0.4) is 0 Å². The minimum atomic E-state index is -1.73. The van der Waals surface area contributed by atoms with Gasteiger partial charge in [-0.05, 0) is 35.4 Å². The van der Waals surface area contributed by atoms with E-state index in [4.69, 9.17) is 23.7 Å². The fourth-order valence-electron chi connectivity index (χ4n) is 4.89. The molecule has 9 unspecified atom stereocenters. The average molecular weight is 555 g/mol. The Morgan fingerprint density at radius 2 is 1.62 bits per heavy atom. The molecule has 2 aliphatic heterocycles. The first-order chi connectivity index (χ1) is 18.7. The number of methoxy groups -OCH3 is 2. The zero-order valence-electron chi connectivity index (χ0n) is 21.3. The number of aromatic hydroxyl groups is 1. The van der Waals surface area contributed by atoms with Gasteiger partial charge in [-0.25, -0.2) is 0 Å². The number of rotatable bonds is 10. The predicted molar refractivity (Wildman–Crippen MR) is 132 cm³/mol. The minimum Gasteiger partial charge on any atom is -0.504 e. The van der Waals surface area contributed by atoms with Gasteiger partial charge in [-0.3, -0.25) is 0 Å². The van der Waals surface area contributed by atoms with E-state index in [9.17, 15) is 40.9 Å². The maximum absolute atomic E-state index is 11.1. The lowest BCUT2D eigenvalue weighted by molar-refractivity contribution is -0.319. The van der Waals surface area contributed by atoms with Crippen molar-refractivity contribution in [2.75, 3.05) is 34.0 Å². The maximum Gasteiger partial charge on any atom is 0.187 e. The summed E-state index contributed by atoms with van der Waals surface area (Å²) in [4.78, 5) is 0. The zero-order chi connectivity index (χ0) is 28.4. The van der Waals surface area contributed by atoms with E-state index in [2.05, 4.69) is 0 Å². The highest BCUT2D eigenvalue weighted by Gasteiger charge is 2.46. The van der Waals surface area contributed by atoms with Crippen molar-refractivity contribution in [2.45, 2.75) is 54.9 Å². The number of hydrogen-bond acceptors (Lipinski definition) is 13. The largest absolute Gasteiger partial charge is 0.504 e. The Labute approximate surface area is 224 Å². The molecule has 0 aliphatic carbocycles. The molecule has 0 saturated carbocycles. The van der Waals surface area contributed by atoms with E-state index >= 15 is 0 Å². The van der Waals surface area contributed by atoms with Crippen molar-refractivity contribution in [1.82, 2.24) is 0 Å². The Balaban J connectivity index is 1.62. The number of hydrogen-bond donors (Lipinski definition) is 8. The zero-order valence-corrected chi connectivity index (χ0v) is 21.3. The molecule has 2 heterocycles. The van der Waals surface area contributed by atoms with Crippen LogP contribution in [0.2, 0.25) is 0 Å². The van der Waals surface area contributed by atoms with Crippen LogP contribution >= 0.6 is 0 Å². The highest BCUT2D eigenvalue weighted by atomic mass is 16.7. The van der Waals surface area contributed by atoms with Crippen molar-refractivity contribution in [1.29, 1.82) is 0 Å². The van der Waals surface area contributed by atoms with Crippen LogP contribution in [0, 0.1) is 0 Å². The second kappa shape index (κ2) is 12.2. The Morgan fingerprint density at radius 1 is 0.897 bits per heavy atom. The van der Waals surface area contributed by atoms with Gasteiger partial charge >= 0.3 is 0 Å². The summed E-state index contributed by atoms with van der Waals surface area (Å²) in [6, 6.07) is 7.71. The highest BCUT2D eigenvalue weighted by molar-refractivity contribution is 5.56. The number of benzene rings is 2. The van der Waals surface area contributed by atoms with E-state index in [1.54, 1.807) is 18.2 Å². The molecule has 0 spiro atoms. The van der Waals surface area contributed by atoms with Gasteiger partial charge in [0.05, 0.1) is 40.0 Å². The number of phenolic OH excluding ortho intramolecular Hbond substituents is 1. The van der Waals surface area contributed by atoms with Crippen LogP contribution in [-0.2, 0) is 9.47 Å². The molecule has 0 amide bonds. The normalized spacial score (nSPS) is 29.8. The summed E-state index contributed by atoms with van der Waals surface area (Å²) in [6.07, 6.45) is -11.4. The molecule has 0 aromatic heterocycles. The van der Waals surface area contributed by atoms with Gasteiger partial charge in [-0.1, -0.05) is 6.07 Å². The standard InChI is InChI=1S/C26H34O13/c1-35-16-6-11(3-4-15(16)30)24-14(8-27)13-5-12(7-17(36-2)25(13)39-24)20(31)18(9-28)37-26-23(34)22(33)21(32)19(10-29)38-26/h3-7,14,18-24,26-34H,8-10H2,1-2H3. The second-order valence-corrected chi connectivity index (χ2v) is 9.40. The molecule has 4 rings (SSSR count). The molecule has 13 nitrogen and oxygen atoms in total. The van der Waals surface area contributed by atoms with E-state index in [1.165, 1.54) is 26.4 Å². The maximum atomic E-state index is 11.1. The van der Waals surface area contributed by atoms with Crippen molar-refractivity contribution in [2.24, 2.45) is 0 Å². The van der Waals surface area contributed by atoms with Gasteiger partial charge in [0.15, 0.2) is 29.3 Å². The molecule has 39 heavy (non-hydrogen) atoms. The van der Waals surface area contributed by atoms with Crippen molar-refractivity contribution >= 4 is 0 Å². The first-order valence-electron chi connectivity index (χ1n) is 12.3. The Hall–Kier alpha value is -2.72. The molecule has 1 saturated heterocycles. The predicted octanol–water partition coefficient (Wildman–Crippen LogP) is -1.17. The monoisotopic (exact) mass is 554 g/mol. The third-order valence-electron chi connectivity index (χ3n) is 7.10. The van der Waals surface area contributed by atoms with Gasteiger partial charge in [0.1, 0.15) is 42.7 Å². The Bertz CT molecular complexity index is 1130. The Kier molecular flexibility index (Phi) is 9.16. The summed E-state index contributed by atoms with van der Waals surface area (Å²) in [5, 5.41) is 81.1. The molecule has 2 aromatic rings. The third kappa shape index (κ3) is 5.50. The number of aliphatic hydroxyl groups excluding tert-OH is 7. The molecular weight excluding hydrogens is 520 g/mol. The first kappa shape index (κ1) is 29.3. The number of aliphatic hydroxyl groups is 7. The number of ether oxygens (including phenoxy) is 5. The molecule has 1 fully saturated rings. The van der Waals surface area contributed by atoms with Gasteiger partial charge in [0.25, 0.3) is 0 Å². The average Bonchev–Trinajstić information content (AvgIpc) is 3.33. The summed E-state index contributed by atoms with van der Waals surface area (Å²) >= 11 is 0. The summed E-state index contributed by atoms with van der Waals surface area (Å²) in [5.74, 6) is 0.129.